The number of rotatable bonds is 8. The van der Waals surface area contributed by atoms with Crippen LogP contribution in [0.15, 0.2) is 12.3 Å². The highest BCUT2D eigenvalue weighted by Crippen LogP contribution is 2.25. The van der Waals surface area contributed by atoms with E-state index in [9.17, 15) is 0 Å². The number of alkyl halides is 1. The molecule has 1 unspecified atom stereocenters. The maximum atomic E-state index is 6.30. The highest BCUT2D eigenvalue weighted by molar-refractivity contribution is 6.20. The summed E-state index contributed by atoms with van der Waals surface area (Å²) in [4.78, 5) is 9.22. The van der Waals surface area contributed by atoms with Gasteiger partial charge in [-0.3, -0.25) is 0 Å². The molecule has 0 aliphatic rings. The van der Waals surface area contributed by atoms with Gasteiger partial charge >= 0.3 is 0 Å². The van der Waals surface area contributed by atoms with E-state index in [1.165, 1.54) is 44.1 Å². The van der Waals surface area contributed by atoms with Crippen LogP contribution >= 0.6 is 11.6 Å². The SMILES string of the molecule is CCCCCCCCn1c(C(C)Cl)nc2c(C)ccnc21. The second kappa shape index (κ2) is 7.79. The highest BCUT2D eigenvalue weighted by atomic mass is 35.5. The lowest BCUT2D eigenvalue weighted by Crippen LogP contribution is -2.05. The van der Waals surface area contributed by atoms with E-state index in [2.05, 4.69) is 23.4 Å². The number of hydrogen-bond donors (Lipinski definition) is 0. The van der Waals surface area contributed by atoms with Crippen molar-refractivity contribution in [1.29, 1.82) is 0 Å². The summed E-state index contributed by atoms with van der Waals surface area (Å²) in [6.07, 6.45) is 9.60. The van der Waals surface area contributed by atoms with Gasteiger partial charge in [0.1, 0.15) is 11.3 Å². The first-order valence-corrected chi connectivity index (χ1v) is 8.54. The zero-order valence-corrected chi connectivity index (χ0v) is 14.2. The molecule has 0 bridgehead atoms. The predicted molar refractivity (Wildman–Crippen MR) is 89.9 cm³/mol. The van der Waals surface area contributed by atoms with Crippen LogP contribution in [0.5, 0.6) is 0 Å². The fourth-order valence-electron chi connectivity index (χ4n) is 2.73. The van der Waals surface area contributed by atoms with Crippen molar-refractivity contribution in [3.8, 4) is 0 Å². The molecule has 0 aliphatic carbocycles. The van der Waals surface area contributed by atoms with E-state index in [0.717, 1.165) is 23.5 Å². The van der Waals surface area contributed by atoms with Gasteiger partial charge in [-0.15, -0.1) is 11.6 Å². The van der Waals surface area contributed by atoms with Crippen molar-refractivity contribution in [2.75, 3.05) is 0 Å². The molecule has 0 amide bonds. The van der Waals surface area contributed by atoms with Crippen LogP contribution in [0, 0.1) is 6.92 Å². The van der Waals surface area contributed by atoms with Crippen molar-refractivity contribution in [1.82, 2.24) is 14.5 Å². The number of halogens is 1. The molecule has 3 nitrogen and oxygen atoms in total. The van der Waals surface area contributed by atoms with Crippen molar-refractivity contribution in [3.63, 3.8) is 0 Å². The Morgan fingerprint density at radius 2 is 1.90 bits per heavy atom. The molecule has 2 heterocycles. The Hall–Kier alpha value is -1.09. The van der Waals surface area contributed by atoms with Gasteiger partial charge in [0.2, 0.25) is 0 Å². The van der Waals surface area contributed by atoms with Crippen LogP contribution in [0.2, 0.25) is 0 Å². The molecule has 0 saturated carbocycles. The quantitative estimate of drug-likeness (QED) is 0.483. The Kier molecular flexibility index (Phi) is 6.04. The molecular weight excluding hydrogens is 282 g/mol. The van der Waals surface area contributed by atoms with Crippen LogP contribution in [-0.2, 0) is 6.54 Å². The van der Waals surface area contributed by atoms with Gasteiger partial charge in [-0.05, 0) is 31.9 Å². The largest absolute Gasteiger partial charge is 0.311 e. The minimum absolute atomic E-state index is 0.0845. The third-order valence-electron chi connectivity index (χ3n) is 3.96. The Morgan fingerprint density at radius 3 is 2.62 bits per heavy atom. The number of aryl methyl sites for hydroxylation is 2. The summed E-state index contributed by atoms with van der Waals surface area (Å²) in [6, 6.07) is 2.01. The highest BCUT2D eigenvalue weighted by Gasteiger charge is 2.16. The van der Waals surface area contributed by atoms with Crippen molar-refractivity contribution in [2.24, 2.45) is 0 Å². The number of hydrogen-bond acceptors (Lipinski definition) is 2. The van der Waals surface area contributed by atoms with Gasteiger partial charge in [0.15, 0.2) is 5.65 Å². The minimum Gasteiger partial charge on any atom is -0.311 e. The first kappa shape index (κ1) is 16.3. The maximum absolute atomic E-state index is 6.30. The first-order chi connectivity index (χ1) is 10.1. The van der Waals surface area contributed by atoms with Gasteiger partial charge in [0, 0.05) is 12.7 Å². The fourth-order valence-corrected chi connectivity index (χ4v) is 2.90. The maximum Gasteiger partial charge on any atom is 0.160 e. The molecule has 0 fully saturated rings. The van der Waals surface area contributed by atoms with Gasteiger partial charge in [-0.2, -0.15) is 0 Å². The summed E-state index contributed by atoms with van der Waals surface area (Å²) in [5.74, 6) is 0.946. The van der Waals surface area contributed by atoms with E-state index < -0.39 is 0 Å². The molecule has 2 rings (SSSR count). The second-order valence-electron chi connectivity index (χ2n) is 5.81. The van der Waals surface area contributed by atoms with Gasteiger partial charge in [0.25, 0.3) is 0 Å². The normalized spacial score (nSPS) is 13.0. The van der Waals surface area contributed by atoms with E-state index in [1.54, 1.807) is 0 Å². The Balaban J connectivity index is 2.10. The summed E-state index contributed by atoms with van der Waals surface area (Å²) in [5.41, 5.74) is 3.14. The van der Waals surface area contributed by atoms with Crippen molar-refractivity contribution in [3.05, 3.63) is 23.7 Å². The van der Waals surface area contributed by atoms with E-state index in [4.69, 9.17) is 16.6 Å². The van der Waals surface area contributed by atoms with Crippen molar-refractivity contribution >= 4 is 22.8 Å². The molecule has 1 atom stereocenters. The van der Waals surface area contributed by atoms with Crippen molar-refractivity contribution < 1.29 is 0 Å². The third kappa shape index (κ3) is 3.97. The zero-order chi connectivity index (χ0) is 15.2. The topological polar surface area (TPSA) is 30.7 Å². The lowest BCUT2D eigenvalue weighted by Gasteiger charge is -2.09. The van der Waals surface area contributed by atoms with Crippen LogP contribution in [0.25, 0.3) is 11.2 Å². The summed E-state index contributed by atoms with van der Waals surface area (Å²) < 4.78 is 2.21. The Morgan fingerprint density at radius 1 is 1.19 bits per heavy atom. The molecular formula is C17H26ClN3. The van der Waals surface area contributed by atoms with E-state index in [0.29, 0.717) is 0 Å². The van der Waals surface area contributed by atoms with E-state index in [1.807, 2.05) is 19.2 Å². The number of pyridine rings is 1. The van der Waals surface area contributed by atoms with Crippen LogP contribution in [0.3, 0.4) is 0 Å². The van der Waals surface area contributed by atoms with E-state index in [-0.39, 0.29) is 5.38 Å². The summed E-state index contributed by atoms with van der Waals surface area (Å²) in [5, 5.41) is -0.0845. The lowest BCUT2D eigenvalue weighted by molar-refractivity contribution is 0.551. The molecule has 0 aromatic carbocycles. The molecule has 2 aromatic rings. The van der Waals surface area contributed by atoms with Crippen LogP contribution < -0.4 is 0 Å². The number of fused-ring (bicyclic) bond motifs is 1. The zero-order valence-electron chi connectivity index (χ0n) is 13.4. The van der Waals surface area contributed by atoms with Crippen LogP contribution in [-0.4, -0.2) is 14.5 Å². The summed E-state index contributed by atoms with van der Waals surface area (Å²) >= 11 is 6.30. The molecule has 116 valence electrons. The minimum atomic E-state index is -0.0845. The molecule has 0 N–H and O–H groups in total. The van der Waals surface area contributed by atoms with Gasteiger partial charge in [0.05, 0.1) is 5.38 Å². The fraction of sp³-hybridized carbons (Fsp3) is 0.647. The number of imidazole rings is 1. The monoisotopic (exact) mass is 307 g/mol. The van der Waals surface area contributed by atoms with Crippen LogP contribution in [0.1, 0.15) is 69.1 Å². The van der Waals surface area contributed by atoms with E-state index >= 15 is 0 Å². The molecule has 0 saturated heterocycles. The number of aromatic nitrogens is 3. The Bertz CT molecular complexity index is 575. The van der Waals surface area contributed by atoms with Gasteiger partial charge in [-0.25, -0.2) is 9.97 Å². The summed E-state index contributed by atoms with van der Waals surface area (Å²) in [6.45, 7) is 7.27. The smallest absolute Gasteiger partial charge is 0.160 e. The molecule has 2 aromatic heterocycles. The molecule has 0 spiro atoms. The van der Waals surface area contributed by atoms with Crippen LogP contribution in [0.4, 0.5) is 0 Å². The number of unbranched alkanes of at least 4 members (excludes halogenated alkanes) is 5. The predicted octanol–water partition coefficient (Wildman–Crippen LogP) is 5.40. The van der Waals surface area contributed by atoms with Crippen molar-refractivity contribution in [2.45, 2.75) is 71.2 Å². The molecule has 21 heavy (non-hydrogen) atoms. The third-order valence-corrected chi connectivity index (χ3v) is 4.15. The average molecular weight is 308 g/mol. The Labute approximate surface area is 132 Å². The molecule has 4 heteroatoms. The standard InChI is InChI=1S/C17H26ClN3/c1-4-5-6-7-8-9-12-21-16(14(3)18)20-15-13(2)10-11-19-17(15)21/h10-11,14H,4-9,12H2,1-3H3. The summed E-state index contributed by atoms with van der Waals surface area (Å²) in [7, 11) is 0. The van der Waals surface area contributed by atoms with Gasteiger partial charge in [-0.1, -0.05) is 39.0 Å². The first-order valence-electron chi connectivity index (χ1n) is 8.11. The number of nitrogens with zero attached hydrogens (tertiary/aromatic N) is 3. The molecule has 0 aliphatic heterocycles. The van der Waals surface area contributed by atoms with Gasteiger partial charge < -0.3 is 4.57 Å². The average Bonchev–Trinajstić information content (AvgIpc) is 2.83. The lowest BCUT2D eigenvalue weighted by atomic mass is 10.1. The second-order valence-corrected chi connectivity index (χ2v) is 6.46. The molecule has 0 radical (unpaired) electrons.